The fraction of sp³-hybridized carbons (Fsp3) is 0.500. The Bertz CT molecular complexity index is 920. The van der Waals surface area contributed by atoms with Crippen LogP contribution in [0.4, 0.5) is 0 Å². The molecular formula is C24H34N4O3. The fourth-order valence-electron chi connectivity index (χ4n) is 3.34. The van der Waals surface area contributed by atoms with E-state index in [9.17, 15) is 14.4 Å². The fourth-order valence-corrected chi connectivity index (χ4v) is 3.34. The molecule has 1 aromatic heterocycles. The number of para-hydroxylation sites is 1. The van der Waals surface area contributed by atoms with Crippen molar-refractivity contribution in [1.29, 1.82) is 0 Å². The molecule has 1 heterocycles. The number of aromatic nitrogens is 1. The largest absolute Gasteiger partial charge is 0.347 e. The summed E-state index contributed by atoms with van der Waals surface area (Å²) in [7, 11) is 0. The van der Waals surface area contributed by atoms with Crippen molar-refractivity contribution in [3.63, 3.8) is 0 Å². The van der Waals surface area contributed by atoms with Crippen molar-refractivity contribution >= 4 is 28.9 Å². The maximum Gasteiger partial charge on any atom is 0.259 e. The van der Waals surface area contributed by atoms with Crippen LogP contribution in [0.3, 0.4) is 0 Å². The molecule has 0 aliphatic heterocycles. The van der Waals surface area contributed by atoms with Gasteiger partial charge in [-0.2, -0.15) is 5.10 Å². The van der Waals surface area contributed by atoms with Crippen molar-refractivity contribution in [2.24, 2.45) is 5.10 Å². The van der Waals surface area contributed by atoms with E-state index >= 15 is 0 Å². The molecule has 3 N–H and O–H groups in total. The summed E-state index contributed by atoms with van der Waals surface area (Å²) in [6, 6.07) is 9.12. The SMILES string of the molecule is CCCCCCCCCCCC(=O)NCC(=O)NN=Cc1cc2ccccc2[nH]c1=O. The molecule has 7 heteroatoms. The Morgan fingerprint density at radius 1 is 0.968 bits per heavy atom. The lowest BCUT2D eigenvalue weighted by Crippen LogP contribution is -2.34. The quantitative estimate of drug-likeness (QED) is 0.241. The number of rotatable bonds is 14. The van der Waals surface area contributed by atoms with Crippen LogP contribution in [0, 0.1) is 0 Å². The molecule has 1 aromatic carbocycles. The van der Waals surface area contributed by atoms with Gasteiger partial charge in [0.05, 0.1) is 18.3 Å². The van der Waals surface area contributed by atoms with Gasteiger partial charge >= 0.3 is 0 Å². The molecule has 0 saturated heterocycles. The molecule has 31 heavy (non-hydrogen) atoms. The Labute approximate surface area is 183 Å². The molecule has 0 radical (unpaired) electrons. The normalized spacial score (nSPS) is 11.1. The third-order valence-electron chi connectivity index (χ3n) is 5.13. The second-order valence-corrected chi connectivity index (χ2v) is 7.79. The number of nitrogens with one attached hydrogen (secondary N) is 3. The summed E-state index contributed by atoms with van der Waals surface area (Å²) in [5.41, 5.74) is 3.12. The van der Waals surface area contributed by atoms with Crippen LogP contribution >= 0.6 is 0 Å². The van der Waals surface area contributed by atoms with Gasteiger partial charge in [-0.05, 0) is 23.9 Å². The Hall–Kier alpha value is -2.96. The minimum Gasteiger partial charge on any atom is -0.347 e. The zero-order chi connectivity index (χ0) is 22.3. The second-order valence-electron chi connectivity index (χ2n) is 7.79. The van der Waals surface area contributed by atoms with Crippen molar-refractivity contribution in [3.8, 4) is 0 Å². The summed E-state index contributed by atoms with van der Waals surface area (Å²) in [6.07, 6.45) is 12.5. The van der Waals surface area contributed by atoms with Gasteiger partial charge in [0, 0.05) is 11.9 Å². The number of pyridine rings is 1. The first-order valence-corrected chi connectivity index (χ1v) is 11.3. The van der Waals surface area contributed by atoms with Crippen LogP contribution in [0.1, 0.15) is 76.7 Å². The smallest absolute Gasteiger partial charge is 0.259 e. The lowest BCUT2D eigenvalue weighted by atomic mass is 10.1. The Kier molecular flexibility index (Phi) is 11.1. The number of nitrogens with zero attached hydrogens (tertiary/aromatic N) is 1. The highest BCUT2D eigenvalue weighted by atomic mass is 16.2. The van der Waals surface area contributed by atoms with Gasteiger partial charge in [-0.3, -0.25) is 14.4 Å². The monoisotopic (exact) mass is 426 g/mol. The average Bonchev–Trinajstić information content (AvgIpc) is 2.77. The highest BCUT2D eigenvalue weighted by Crippen LogP contribution is 2.10. The molecule has 0 fully saturated rings. The lowest BCUT2D eigenvalue weighted by molar-refractivity contribution is -0.126. The second kappa shape index (κ2) is 14.1. The number of H-pyrrole nitrogens is 1. The number of hydrogen-bond acceptors (Lipinski definition) is 4. The molecule has 2 amide bonds. The van der Waals surface area contributed by atoms with E-state index in [2.05, 4.69) is 27.8 Å². The number of hydrazone groups is 1. The molecule has 2 rings (SSSR count). The Morgan fingerprint density at radius 2 is 1.65 bits per heavy atom. The topological polar surface area (TPSA) is 103 Å². The van der Waals surface area contributed by atoms with Crippen molar-refractivity contribution in [1.82, 2.24) is 15.7 Å². The number of carbonyl (C=O) groups excluding carboxylic acids is 2. The van der Waals surface area contributed by atoms with Crippen molar-refractivity contribution < 1.29 is 9.59 Å². The third kappa shape index (κ3) is 9.59. The van der Waals surface area contributed by atoms with E-state index in [0.717, 1.165) is 30.2 Å². The molecular weight excluding hydrogens is 392 g/mol. The number of hydrogen-bond donors (Lipinski definition) is 3. The maximum atomic E-state index is 12.0. The summed E-state index contributed by atoms with van der Waals surface area (Å²) in [6.45, 7) is 2.08. The van der Waals surface area contributed by atoms with Gasteiger partial charge < -0.3 is 10.3 Å². The molecule has 7 nitrogen and oxygen atoms in total. The Balaban J connectivity index is 1.59. The van der Waals surface area contributed by atoms with Gasteiger partial charge in [-0.15, -0.1) is 0 Å². The number of fused-ring (bicyclic) bond motifs is 1. The first-order valence-electron chi connectivity index (χ1n) is 11.3. The molecule has 0 spiro atoms. The van der Waals surface area contributed by atoms with Crippen LogP contribution in [0.15, 0.2) is 40.2 Å². The minimum atomic E-state index is -0.436. The number of benzene rings is 1. The van der Waals surface area contributed by atoms with Crippen LogP contribution in [0.25, 0.3) is 10.9 Å². The minimum absolute atomic E-state index is 0.131. The summed E-state index contributed by atoms with van der Waals surface area (Å²) in [4.78, 5) is 38.5. The van der Waals surface area contributed by atoms with Crippen LogP contribution in [0.2, 0.25) is 0 Å². The molecule has 0 aliphatic rings. The van der Waals surface area contributed by atoms with Gasteiger partial charge in [-0.1, -0.05) is 76.5 Å². The van der Waals surface area contributed by atoms with Gasteiger partial charge in [-0.25, -0.2) is 5.43 Å². The van der Waals surface area contributed by atoms with Crippen LogP contribution in [0.5, 0.6) is 0 Å². The highest BCUT2D eigenvalue weighted by molar-refractivity contribution is 5.89. The van der Waals surface area contributed by atoms with Gasteiger partial charge in [0.15, 0.2) is 0 Å². The number of carbonyl (C=O) groups is 2. The van der Waals surface area contributed by atoms with Gasteiger partial charge in [0.25, 0.3) is 11.5 Å². The molecule has 0 atom stereocenters. The van der Waals surface area contributed by atoms with E-state index in [0.29, 0.717) is 12.0 Å². The maximum absolute atomic E-state index is 12.0. The van der Waals surface area contributed by atoms with Crippen LogP contribution in [-0.2, 0) is 9.59 Å². The van der Waals surface area contributed by atoms with Gasteiger partial charge in [0.2, 0.25) is 5.91 Å². The summed E-state index contributed by atoms with van der Waals surface area (Å²) < 4.78 is 0. The summed E-state index contributed by atoms with van der Waals surface area (Å²) in [5.74, 6) is -0.568. The molecule has 168 valence electrons. The Morgan fingerprint density at radius 3 is 2.39 bits per heavy atom. The third-order valence-corrected chi connectivity index (χ3v) is 5.13. The molecule has 0 unspecified atom stereocenters. The number of amides is 2. The first-order chi connectivity index (χ1) is 15.1. The van der Waals surface area contributed by atoms with Crippen LogP contribution < -0.4 is 16.3 Å². The molecule has 0 saturated carbocycles. The van der Waals surface area contributed by atoms with Crippen molar-refractivity contribution in [2.75, 3.05) is 6.54 Å². The zero-order valence-corrected chi connectivity index (χ0v) is 18.4. The molecule has 2 aromatic rings. The van der Waals surface area contributed by atoms with Crippen molar-refractivity contribution in [3.05, 3.63) is 46.2 Å². The molecule has 0 aliphatic carbocycles. The van der Waals surface area contributed by atoms with E-state index in [1.165, 1.54) is 44.7 Å². The number of unbranched alkanes of at least 4 members (excludes halogenated alkanes) is 8. The first kappa shape index (κ1) is 24.3. The zero-order valence-electron chi connectivity index (χ0n) is 18.4. The average molecular weight is 427 g/mol. The molecule has 0 bridgehead atoms. The summed E-state index contributed by atoms with van der Waals surface area (Å²) in [5, 5.41) is 7.29. The predicted molar refractivity (Wildman–Crippen MR) is 125 cm³/mol. The van der Waals surface area contributed by atoms with E-state index < -0.39 is 5.91 Å². The van der Waals surface area contributed by atoms with E-state index in [1.807, 2.05) is 24.3 Å². The van der Waals surface area contributed by atoms with Crippen molar-refractivity contribution in [2.45, 2.75) is 71.1 Å². The number of aromatic amines is 1. The van der Waals surface area contributed by atoms with Gasteiger partial charge in [0.1, 0.15) is 0 Å². The standard InChI is InChI=1S/C24H34N4O3/c1-2-3-4-5-6-7-8-9-10-15-22(29)25-18-23(30)28-26-17-20-16-19-13-11-12-14-21(19)27-24(20)31/h11-14,16-17H,2-10,15,18H2,1H3,(H,25,29)(H,27,31)(H,28,30). The van der Waals surface area contributed by atoms with E-state index in [-0.39, 0.29) is 18.0 Å². The van der Waals surface area contributed by atoms with E-state index in [1.54, 1.807) is 6.07 Å². The lowest BCUT2D eigenvalue weighted by Gasteiger charge is -2.05. The summed E-state index contributed by atoms with van der Waals surface area (Å²) >= 11 is 0. The predicted octanol–water partition coefficient (Wildman–Crippen LogP) is 4.02. The van der Waals surface area contributed by atoms with Crippen LogP contribution in [-0.4, -0.2) is 29.6 Å². The van der Waals surface area contributed by atoms with E-state index in [4.69, 9.17) is 0 Å². The highest BCUT2D eigenvalue weighted by Gasteiger charge is 2.05.